The topological polar surface area (TPSA) is 64.1 Å². The molecular weight excluding hydrogens is 421 g/mol. The van der Waals surface area contributed by atoms with E-state index in [4.69, 9.17) is 27.9 Å². The van der Waals surface area contributed by atoms with Crippen LogP contribution in [0.5, 0.6) is 0 Å². The second kappa shape index (κ2) is 9.13. The molecule has 1 aliphatic heterocycles. The minimum Gasteiger partial charge on any atom is -0.381 e. The molecule has 1 N–H and O–H groups in total. The number of nitrogens with zero attached hydrogens (tertiary/aromatic N) is 2. The Hall–Kier alpha value is -2.47. The summed E-state index contributed by atoms with van der Waals surface area (Å²) in [5.41, 5.74) is 2.00. The average Bonchev–Trinajstić information content (AvgIpc) is 2.79. The predicted molar refractivity (Wildman–Crippen MR) is 118 cm³/mol. The summed E-state index contributed by atoms with van der Waals surface area (Å²) in [6.07, 6.45) is 4.63. The van der Waals surface area contributed by atoms with Crippen molar-refractivity contribution in [2.24, 2.45) is 0 Å². The molecule has 0 atom stereocenters. The van der Waals surface area contributed by atoms with Crippen molar-refractivity contribution in [2.75, 3.05) is 19.8 Å². The minimum absolute atomic E-state index is 0.217. The quantitative estimate of drug-likeness (QED) is 0.609. The first-order valence-electron chi connectivity index (χ1n) is 9.76. The highest BCUT2D eigenvalue weighted by atomic mass is 35.5. The van der Waals surface area contributed by atoms with Crippen LogP contribution in [0.1, 0.15) is 28.8 Å². The third-order valence-corrected chi connectivity index (χ3v) is 6.03. The second-order valence-corrected chi connectivity index (χ2v) is 8.20. The first kappa shape index (κ1) is 20.8. The fraction of sp³-hybridized carbons (Fsp3) is 0.261. The molecule has 4 rings (SSSR count). The van der Waals surface area contributed by atoms with E-state index in [1.165, 1.54) is 0 Å². The summed E-state index contributed by atoms with van der Waals surface area (Å²) in [6, 6.07) is 15.2. The number of halogens is 2. The Morgan fingerprint density at radius 2 is 1.73 bits per heavy atom. The maximum absolute atomic E-state index is 12.8. The molecule has 30 heavy (non-hydrogen) atoms. The number of hydrogen-bond donors (Lipinski definition) is 1. The van der Waals surface area contributed by atoms with Crippen LogP contribution in [-0.2, 0) is 10.2 Å². The number of carbonyl (C=O) groups excluding carboxylic acids is 1. The van der Waals surface area contributed by atoms with E-state index < -0.39 is 0 Å². The normalized spacial score (nSPS) is 15.5. The van der Waals surface area contributed by atoms with Crippen LogP contribution in [0.15, 0.2) is 60.9 Å². The Bertz CT molecular complexity index is 1020. The molecule has 0 saturated carbocycles. The number of amides is 1. The van der Waals surface area contributed by atoms with Crippen molar-refractivity contribution in [2.45, 2.75) is 18.3 Å². The van der Waals surface area contributed by atoms with E-state index in [1.54, 1.807) is 18.5 Å². The van der Waals surface area contributed by atoms with Crippen LogP contribution in [0, 0.1) is 0 Å². The molecular formula is C23H21Cl2N3O2. The van der Waals surface area contributed by atoms with Crippen LogP contribution in [0.25, 0.3) is 11.4 Å². The molecule has 0 unspecified atom stereocenters. The van der Waals surface area contributed by atoms with Crippen molar-refractivity contribution in [3.8, 4) is 11.4 Å². The van der Waals surface area contributed by atoms with Crippen molar-refractivity contribution in [3.05, 3.63) is 82.1 Å². The summed E-state index contributed by atoms with van der Waals surface area (Å²) < 4.78 is 5.55. The summed E-state index contributed by atoms with van der Waals surface area (Å²) in [4.78, 5) is 21.4. The van der Waals surface area contributed by atoms with E-state index in [2.05, 4.69) is 15.3 Å². The van der Waals surface area contributed by atoms with E-state index >= 15 is 0 Å². The number of aromatic nitrogens is 2. The highest BCUT2D eigenvalue weighted by Gasteiger charge is 2.36. The SMILES string of the molecule is O=C(NCC1(c2ccc(Cl)cc2Cl)CCOCC1)c1cnc(-c2ccccc2)nc1. The zero-order valence-corrected chi connectivity index (χ0v) is 17.8. The van der Waals surface area contributed by atoms with Gasteiger partial charge in [-0.1, -0.05) is 59.6 Å². The van der Waals surface area contributed by atoms with E-state index in [9.17, 15) is 4.79 Å². The number of benzene rings is 2. The molecule has 154 valence electrons. The Morgan fingerprint density at radius 3 is 2.40 bits per heavy atom. The standard InChI is InChI=1S/C23H21Cl2N3O2/c24-18-6-7-19(20(25)12-18)23(8-10-30-11-9-23)15-28-22(29)17-13-26-21(27-14-17)16-4-2-1-3-5-16/h1-7,12-14H,8-11,15H2,(H,28,29). The zero-order valence-electron chi connectivity index (χ0n) is 16.3. The van der Waals surface area contributed by atoms with Crippen LogP contribution in [0.3, 0.4) is 0 Å². The fourth-order valence-corrected chi connectivity index (χ4v) is 4.37. The van der Waals surface area contributed by atoms with Gasteiger partial charge < -0.3 is 10.1 Å². The number of nitrogens with one attached hydrogen (secondary N) is 1. The van der Waals surface area contributed by atoms with E-state index in [-0.39, 0.29) is 11.3 Å². The number of ether oxygens (including phenoxy) is 1. The van der Waals surface area contributed by atoms with Crippen LogP contribution in [0.2, 0.25) is 10.0 Å². The monoisotopic (exact) mass is 441 g/mol. The van der Waals surface area contributed by atoms with Crippen molar-refractivity contribution in [1.29, 1.82) is 0 Å². The molecule has 1 amide bonds. The maximum atomic E-state index is 12.8. The highest BCUT2D eigenvalue weighted by molar-refractivity contribution is 6.35. The molecule has 1 aliphatic rings. The molecule has 5 nitrogen and oxygen atoms in total. The Labute approximate surface area is 185 Å². The fourth-order valence-electron chi connectivity index (χ4n) is 3.76. The van der Waals surface area contributed by atoms with Crippen LogP contribution in [0.4, 0.5) is 0 Å². The van der Waals surface area contributed by atoms with Crippen molar-refractivity contribution >= 4 is 29.1 Å². The van der Waals surface area contributed by atoms with Gasteiger partial charge in [0, 0.05) is 53.2 Å². The third kappa shape index (κ3) is 4.48. The second-order valence-electron chi connectivity index (χ2n) is 7.36. The molecule has 0 radical (unpaired) electrons. The lowest BCUT2D eigenvalue weighted by Crippen LogP contribution is -2.44. The molecule has 2 aromatic carbocycles. The van der Waals surface area contributed by atoms with Gasteiger partial charge in [0.05, 0.1) is 5.56 Å². The lowest BCUT2D eigenvalue weighted by Gasteiger charge is -2.38. The summed E-state index contributed by atoms with van der Waals surface area (Å²) in [5.74, 6) is 0.367. The van der Waals surface area contributed by atoms with E-state index in [0.29, 0.717) is 41.2 Å². The van der Waals surface area contributed by atoms with Crippen LogP contribution >= 0.6 is 23.2 Å². The van der Waals surface area contributed by atoms with Gasteiger partial charge in [0.25, 0.3) is 5.91 Å². The molecule has 7 heteroatoms. The lowest BCUT2D eigenvalue weighted by molar-refractivity contribution is 0.0487. The van der Waals surface area contributed by atoms with Gasteiger partial charge in [-0.15, -0.1) is 0 Å². The first-order chi connectivity index (χ1) is 14.6. The number of carbonyl (C=O) groups is 1. The van der Waals surface area contributed by atoms with E-state index in [0.717, 1.165) is 24.0 Å². The largest absolute Gasteiger partial charge is 0.381 e. The predicted octanol–water partition coefficient (Wildman–Crippen LogP) is 4.93. The molecule has 1 saturated heterocycles. The minimum atomic E-state index is -0.305. The van der Waals surface area contributed by atoms with Gasteiger partial charge in [0.1, 0.15) is 0 Å². The van der Waals surface area contributed by atoms with E-state index in [1.807, 2.05) is 42.5 Å². The molecule has 0 aliphatic carbocycles. The number of rotatable bonds is 5. The van der Waals surface area contributed by atoms with Gasteiger partial charge in [-0.3, -0.25) is 4.79 Å². The summed E-state index contributed by atoms with van der Waals surface area (Å²) in [5, 5.41) is 4.24. The van der Waals surface area contributed by atoms with Gasteiger partial charge in [0.15, 0.2) is 5.82 Å². The Kier molecular flexibility index (Phi) is 6.32. The van der Waals surface area contributed by atoms with Crippen LogP contribution < -0.4 is 5.32 Å². The van der Waals surface area contributed by atoms with Gasteiger partial charge in [-0.05, 0) is 30.5 Å². The summed E-state index contributed by atoms with van der Waals surface area (Å²) >= 11 is 12.6. The maximum Gasteiger partial charge on any atom is 0.254 e. The molecule has 0 bridgehead atoms. The van der Waals surface area contributed by atoms with Crippen molar-refractivity contribution in [3.63, 3.8) is 0 Å². The van der Waals surface area contributed by atoms with Gasteiger partial charge in [-0.25, -0.2) is 9.97 Å². The average molecular weight is 442 g/mol. The Balaban J connectivity index is 1.50. The molecule has 2 heterocycles. The van der Waals surface area contributed by atoms with Gasteiger partial charge in [0.2, 0.25) is 0 Å². The summed E-state index contributed by atoms with van der Waals surface area (Å²) in [7, 11) is 0. The van der Waals surface area contributed by atoms with Gasteiger partial charge in [-0.2, -0.15) is 0 Å². The van der Waals surface area contributed by atoms with Crippen molar-refractivity contribution < 1.29 is 9.53 Å². The highest BCUT2D eigenvalue weighted by Crippen LogP contribution is 2.39. The summed E-state index contributed by atoms with van der Waals surface area (Å²) in [6.45, 7) is 1.67. The molecule has 0 spiro atoms. The third-order valence-electron chi connectivity index (χ3n) is 5.49. The van der Waals surface area contributed by atoms with Crippen LogP contribution in [-0.4, -0.2) is 35.6 Å². The molecule has 3 aromatic rings. The molecule has 1 fully saturated rings. The lowest BCUT2D eigenvalue weighted by atomic mass is 9.74. The van der Waals surface area contributed by atoms with Gasteiger partial charge >= 0.3 is 0 Å². The number of hydrogen-bond acceptors (Lipinski definition) is 4. The van der Waals surface area contributed by atoms with Crippen molar-refractivity contribution in [1.82, 2.24) is 15.3 Å². The smallest absolute Gasteiger partial charge is 0.254 e. The first-order valence-corrected chi connectivity index (χ1v) is 10.5. The molecule has 1 aromatic heterocycles. The Morgan fingerprint density at radius 1 is 1.03 bits per heavy atom. The zero-order chi connectivity index (χ0) is 21.0.